The Bertz CT molecular complexity index is 990. The number of nitrogens with one attached hydrogen (secondary N) is 1. The molecule has 0 radical (unpaired) electrons. The van der Waals surface area contributed by atoms with Crippen LogP contribution >= 0.6 is 0 Å². The number of nitrogens with zero attached hydrogens (tertiary/aromatic N) is 2. The molecule has 1 fully saturated rings. The highest BCUT2D eigenvalue weighted by Crippen LogP contribution is 2.26. The van der Waals surface area contributed by atoms with E-state index in [0.29, 0.717) is 5.69 Å². The molecule has 1 amide bonds. The van der Waals surface area contributed by atoms with E-state index in [-0.39, 0.29) is 11.4 Å². The lowest BCUT2D eigenvalue weighted by atomic mass is 9.99. The van der Waals surface area contributed by atoms with Crippen LogP contribution in [-0.4, -0.2) is 26.6 Å². The molecular formula is C22H27N3O3S. The summed E-state index contributed by atoms with van der Waals surface area (Å²) in [6, 6.07) is 13.8. The first-order valence-corrected chi connectivity index (χ1v) is 11.3. The van der Waals surface area contributed by atoms with Crippen LogP contribution in [0.2, 0.25) is 0 Å². The normalized spacial score (nSPS) is 14.3. The maximum absolute atomic E-state index is 13.3. The van der Waals surface area contributed by atoms with E-state index < -0.39 is 15.9 Å². The van der Waals surface area contributed by atoms with Gasteiger partial charge in [-0.3, -0.25) is 9.10 Å². The van der Waals surface area contributed by atoms with Gasteiger partial charge in [-0.05, 0) is 63.3 Å². The van der Waals surface area contributed by atoms with Gasteiger partial charge < -0.3 is 0 Å². The largest absolute Gasteiger partial charge is 0.271 e. The second kappa shape index (κ2) is 9.22. The Kier molecular flexibility index (Phi) is 6.69. The molecule has 0 atom stereocenters. The van der Waals surface area contributed by atoms with E-state index in [1.807, 2.05) is 26.0 Å². The molecule has 2 aromatic rings. The van der Waals surface area contributed by atoms with Crippen LogP contribution in [0.5, 0.6) is 0 Å². The van der Waals surface area contributed by atoms with Crippen molar-refractivity contribution in [3.8, 4) is 0 Å². The minimum absolute atomic E-state index is 0.151. The van der Waals surface area contributed by atoms with Gasteiger partial charge in [0.05, 0.1) is 10.6 Å². The molecule has 7 heteroatoms. The van der Waals surface area contributed by atoms with E-state index in [1.165, 1.54) is 6.42 Å². The lowest BCUT2D eigenvalue weighted by Gasteiger charge is -2.25. The molecule has 1 N–H and O–H groups in total. The van der Waals surface area contributed by atoms with Crippen molar-refractivity contribution in [2.75, 3.05) is 10.8 Å². The maximum atomic E-state index is 13.3. The fourth-order valence-corrected chi connectivity index (χ4v) is 4.84. The highest BCUT2D eigenvalue weighted by Gasteiger charge is 2.28. The van der Waals surface area contributed by atoms with Crippen molar-refractivity contribution in [2.24, 2.45) is 5.10 Å². The predicted molar refractivity (Wildman–Crippen MR) is 116 cm³/mol. The van der Waals surface area contributed by atoms with Gasteiger partial charge in [0.2, 0.25) is 0 Å². The number of carbonyl (C=O) groups is 1. The lowest BCUT2D eigenvalue weighted by molar-refractivity contribution is -0.119. The second-order valence-corrected chi connectivity index (χ2v) is 9.25. The molecule has 1 aliphatic carbocycles. The Morgan fingerprint density at radius 1 is 1.00 bits per heavy atom. The molecule has 2 aromatic carbocycles. The van der Waals surface area contributed by atoms with Crippen molar-refractivity contribution in [1.29, 1.82) is 0 Å². The average Bonchev–Trinajstić information content (AvgIpc) is 2.72. The Morgan fingerprint density at radius 2 is 1.66 bits per heavy atom. The van der Waals surface area contributed by atoms with Gasteiger partial charge >= 0.3 is 0 Å². The molecule has 29 heavy (non-hydrogen) atoms. The molecule has 1 aliphatic rings. The van der Waals surface area contributed by atoms with Crippen molar-refractivity contribution >= 4 is 27.3 Å². The number of aryl methyl sites for hydroxylation is 2. The molecule has 0 aromatic heterocycles. The fourth-order valence-electron chi connectivity index (χ4n) is 3.36. The second-order valence-electron chi connectivity index (χ2n) is 7.38. The first-order chi connectivity index (χ1) is 13.9. The molecule has 0 aliphatic heterocycles. The summed E-state index contributed by atoms with van der Waals surface area (Å²) in [5.41, 5.74) is 5.73. The van der Waals surface area contributed by atoms with Crippen LogP contribution in [0.25, 0.3) is 0 Å². The van der Waals surface area contributed by atoms with Crippen LogP contribution in [0.1, 0.15) is 43.2 Å². The number of hydrogen-bond donors (Lipinski definition) is 1. The van der Waals surface area contributed by atoms with Crippen LogP contribution in [0.15, 0.2) is 58.5 Å². The van der Waals surface area contributed by atoms with Gasteiger partial charge in [0.15, 0.2) is 0 Å². The molecule has 6 nitrogen and oxygen atoms in total. The van der Waals surface area contributed by atoms with Crippen LogP contribution in [0.3, 0.4) is 0 Å². The molecule has 154 valence electrons. The number of amides is 1. The molecule has 0 heterocycles. The van der Waals surface area contributed by atoms with E-state index in [2.05, 4.69) is 10.5 Å². The maximum Gasteiger partial charge on any atom is 0.264 e. The SMILES string of the molecule is Cc1ccc(S(=O)(=O)N(CC(=O)NN=C2CCCCC2)c2ccccc2C)cc1. The number of hydrazone groups is 1. The zero-order chi connectivity index (χ0) is 20.9. The quantitative estimate of drug-likeness (QED) is 0.729. The summed E-state index contributed by atoms with van der Waals surface area (Å²) < 4.78 is 27.9. The topological polar surface area (TPSA) is 78.8 Å². The monoisotopic (exact) mass is 413 g/mol. The van der Waals surface area contributed by atoms with Crippen molar-refractivity contribution < 1.29 is 13.2 Å². The van der Waals surface area contributed by atoms with Gasteiger partial charge in [-0.25, -0.2) is 13.8 Å². The number of rotatable bonds is 6. The first kappa shape index (κ1) is 21.0. The van der Waals surface area contributed by atoms with Crippen LogP contribution in [-0.2, 0) is 14.8 Å². The summed E-state index contributed by atoms with van der Waals surface area (Å²) in [7, 11) is -3.91. The summed E-state index contributed by atoms with van der Waals surface area (Å²) in [5.74, 6) is -0.456. The minimum atomic E-state index is -3.91. The van der Waals surface area contributed by atoms with E-state index in [9.17, 15) is 13.2 Å². The number of sulfonamides is 1. The Hall–Kier alpha value is -2.67. The zero-order valence-corrected chi connectivity index (χ0v) is 17.7. The summed E-state index contributed by atoms with van der Waals surface area (Å²) in [6.45, 7) is 3.39. The van der Waals surface area contributed by atoms with Gasteiger partial charge in [0, 0.05) is 5.71 Å². The van der Waals surface area contributed by atoms with Crippen molar-refractivity contribution in [3.63, 3.8) is 0 Å². The molecule has 0 bridgehead atoms. The van der Waals surface area contributed by atoms with Crippen LogP contribution in [0.4, 0.5) is 5.69 Å². The van der Waals surface area contributed by atoms with Crippen molar-refractivity contribution in [3.05, 3.63) is 59.7 Å². The number of carbonyl (C=O) groups excluding carboxylic acids is 1. The van der Waals surface area contributed by atoms with Crippen molar-refractivity contribution in [1.82, 2.24) is 5.43 Å². The number of benzene rings is 2. The summed E-state index contributed by atoms with van der Waals surface area (Å²) in [5, 5.41) is 4.21. The summed E-state index contributed by atoms with van der Waals surface area (Å²) >= 11 is 0. The third kappa shape index (κ3) is 5.23. The summed E-state index contributed by atoms with van der Waals surface area (Å²) in [6.07, 6.45) is 5.09. The standard InChI is InChI=1S/C22H27N3O3S/c1-17-12-14-20(15-13-17)29(27,28)25(21-11-7-6-8-18(21)2)16-22(26)24-23-19-9-4-3-5-10-19/h6-8,11-15H,3-5,9-10,16H2,1-2H3,(H,24,26). The van der Waals surface area contributed by atoms with E-state index in [0.717, 1.165) is 46.8 Å². The lowest BCUT2D eigenvalue weighted by Crippen LogP contribution is -2.40. The molecular weight excluding hydrogens is 386 g/mol. The van der Waals surface area contributed by atoms with Gasteiger partial charge in [-0.2, -0.15) is 5.10 Å². The van der Waals surface area contributed by atoms with Gasteiger partial charge in [0.25, 0.3) is 15.9 Å². The minimum Gasteiger partial charge on any atom is -0.271 e. The van der Waals surface area contributed by atoms with Gasteiger partial charge in [-0.1, -0.05) is 42.3 Å². The Morgan fingerprint density at radius 3 is 2.31 bits per heavy atom. The number of anilines is 1. The van der Waals surface area contributed by atoms with Crippen molar-refractivity contribution in [2.45, 2.75) is 50.8 Å². The van der Waals surface area contributed by atoms with Gasteiger partial charge in [0.1, 0.15) is 6.54 Å². The van der Waals surface area contributed by atoms with Crippen LogP contribution in [0, 0.1) is 13.8 Å². The summed E-state index contributed by atoms with van der Waals surface area (Å²) in [4.78, 5) is 12.7. The predicted octanol–water partition coefficient (Wildman–Crippen LogP) is 3.94. The smallest absolute Gasteiger partial charge is 0.264 e. The highest BCUT2D eigenvalue weighted by atomic mass is 32.2. The third-order valence-electron chi connectivity index (χ3n) is 5.05. The van der Waals surface area contributed by atoms with Crippen LogP contribution < -0.4 is 9.73 Å². The van der Waals surface area contributed by atoms with E-state index >= 15 is 0 Å². The fraction of sp³-hybridized carbons (Fsp3) is 0.364. The third-order valence-corrected chi connectivity index (χ3v) is 6.82. The molecule has 3 rings (SSSR count). The first-order valence-electron chi connectivity index (χ1n) is 9.87. The molecule has 0 unspecified atom stereocenters. The molecule has 0 saturated heterocycles. The zero-order valence-electron chi connectivity index (χ0n) is 16.9. The average molecular weight is 414 g/mol. The number of hydrogen-bond acceptors (Lipinski definition) is 4. The Balaban J connectivity index is 1.88. The number of para-hydroxylation sites is 1. The molecule has 0 spiro atoms. The molecule has 1 saturated carbocycles. The van der Waals surface area contributed by atoms with E-state index in [1.54, 1.807) is 36.4 Å². The van der Waals surface area contributed by atoms with Gasteiger partial charge in [-0.15, -0.1) is 0 Å². The Labute approximate surface area is 172 Å². The highest BCUT2D eigenvalue weighted by molar-refractivity contribution is 7.92. The van der Waals surface area contributed by atoms with E-state index in [4.69, 9.17) is 0 Å².